The first-order valence-electron chi connectivity index (χ1n) is 7.94. The summed E-state index contributed by atoms with van der Waals surface area (Å²) >= 11 is 0. The predicted molar refractivity (Wildman–Crippen MR) is 86.3 cm³/mol. The van der Waals surface area contributed by atoms with Crippen LogP contribution in [-0.2, 0) is 16.0 Å². The van der Waals surface area contributed by atoms with Gasteiger partial charge in [0.1, 0.15) is 5.58 Å². The molecule has 1 aliphatic rings. The summed E-state index contributed by atoms with van der Waals surface area (Å²) in [6, 6.07) is 4.02. The van der Waals surface area contributed by atoms with Crippen molar-refractivity contribution < 1.29 is 19.1 Å². The molecular weight excluding hydrogens is 294 g/mol. The molecule has 1 saturated heterocycles. The largest absolute Gasteiger partial charge is 0.481 e. The number of piperidine rings is 1. The number of carboxylic acid groups (broad SMARTS) is 1. The van der Waals surface area contributed by atoms with E-state index in [2.05, 4.69) is 0 Å². The highest BCUT2D eigenvalue weighted by atomic mass is 16.4. The molecule has 1 fully saturated rings. The van der Waals surface area contributed by atoms with E-state index in [9.17, 15) is 9.59 Å². The SMILES string of the molecule is Cc1ccc2c(CC(=O)N3CCCC(C(=O)O)C3)coc2c1C. The number of rotatable bonds is 3. The molecule has 23 heavy (non-hydrogen) atoms. The van der Waals surface area contributed by atoms with Crippen LogP contribution in [0.5, 0.6) is 0 Å². The van der Waals surface area contributed by atoms with E-state index in [0.717, 1.165) is 34.1 Å². The van der Waals surface area contributed by atoms with Crippen LogP contribution in [0.2, 0.25) is 0 Å². The average molecular weight is 315 g/mol. The molecule has 0 radical (unpaired) electrons. The van der Waals surface area contributed by atoms with Crippen molar-refractivity contribution in [3.8, 4) is 0 Å². The first-order chi connectivity index (χ1) is 11.0. The van der Waals surface area contributed by atoms with Crippen molar-refractivity contribution in [2.45, 2.75) is 33.1 Å². The van der Waals surface area contributed by atoms with Gasteiger partial charge >= 0.3 is 5.97 Å². The third-order valence-corrected chi connectivity index (χ3v) is 4.81. The number of carbonyl (C=O) groups is 2. The van der Waals surface area contributed by atoms with Gasteiger partial charge in [0.05, 0.1) is 18.6 Å². The average Bonchev–Trinajstić information content (AvgIpc) is 2.94. The van der Waals surface area contributed by atoms with Crippen LogP contribution >= 0.6 is 0 Å². The number of likely N-dealkylation sites (tertiary alicyclic amines) is 1. The number of carbonyl (C=O) groups excluding carboxylic acids is 1. The van der Waals surface area contributed by atoms with Crippen molar-refractivity contribution in [1.82, 2.24) is 4.90 Å². The second-order valence-electron chi connectivity index (χ2n) is 6.34. The zero-order valence-corrected chi connectivity index (χ0v) is 13.5. The fourth-order valence-electron chi connectivity index (χ4n) is 3.21. The van der Waals surface area contributed by atoms with Crippen LogP contribution in [-0.4, -0.2) is 35.0 Å². The molecule has 0 spiro atoms. The molecule has 1 amide bonds. The second kappa shape index (κ2) is 6.07. The van der Waals surface area contributed by atoms with Crippen molar-refractivity contribution in [3.05, 3.63) is 35.1 Å². The van der Waals surface area contributed by atoms with Gasteiger partial charge in [-0.15, -0.1) is 0 Å². The van der Waals surface area contributed by atoms with Gasteiger partial charge in [-0.2, -0.15) is 0 Å². The number of aryl methyl sites for hydroxylation is 2. The Balaban J connectivity index is 1.78. The monoisotopic (exact) mass is 315 g/mol. The smallest absolute Gasteiger partial charge is 0.308 e. The highest BCUT2D eigenvalue weighted by molar-refractivity contribution is 5.89. The lowest BCUT2D eigenvalue weighted by atomic mass is 9.97. The maximum atomic E-state index is 12.5. The Morgan fingerprint density at radius 3 is 2.87 bits per heavy atom. The van der Waals surface area contributed by atoms with Crippen LogP contribution in [0.25, 0.3) is 11.0 Å². The Hall–Kier alpha value is -2.30. The minimum atomic E-state index is -0.817. The highest BCUT2D eigenvalue weighted by Gasteiger charge is 2.28. The second-order valence-corrected chi connectivity index (χ2v) is 6.34. The van der Waals surface area contributed by atoms with Crippen LogP contribution in [0, 0.1) is 19.8 Å². The normalized spacial score (nSPS) is 18.3. The number of carboxylic acids is 1. The van der Waals surface area contributed by atoms with Crippen molar-refractivity contribution in [2.75, 3.05) is 13.1 Å². The lowest BCUT2D eigenvalue weighted by molar-refractivity contribution is -0.145. The molecule has 5 heteroatoms. The molecule has 0 aliphatic carbocycles. The number of hydrogen-bond donors (Lipinski definition) is 1. The Bertz CT molecular complexity index is 762. The van der Waals surface area contributed by atoms with Crippen LogP contribution < -0.4 is 0 Å². The standard InChI is InChI=1S/C18H21NO4/c1-11-5-6-15-14(10-23-17(15)12(11)2)8-16(20)19-7-3-4-13(9-19)18(21)22/h5-6,10,13H,3-4,7-9H2,1-2H3,(H,21,22). The Kier molecular flexibility index (Phi) is 4.11. The van der Waals surface area contributed by atoms with Crippen molar-refractivity contribution in [2.24, 2.45) is 5.92 Å². The molecular formula is C18H21NO4. The Morgan fingerprint density at radius 2 is 2.13 bits per heavy atom. The number of benzene rings is 1. The number of fused-ring (bicyclic) bond motifs is 1. The van der Waals surface area contributed by atoms with Crippen LogP contribution in [0.4, 0.5) is 0 Å². The van der Waals surface area contributed by atoms with E-state index in [-0.39, 0.29) is 12.3 Å². The lowest BCUT2D eigenvalue weighted by Gasteiger charge is -2.30. The van der Waals surface area contributed by atoms with Crippen molar-refractivity contribution in [3.63, 3.8) is 0 Å². The van der Waals surface area contributed by atoms with Gasteiger partial charge in [-0.1, -0.05) is 12.1 Å². The van der Waals surface area contributed by atoms with Gasteiger partial charge in [0.2, 0.25) is 5.91 Å². The van der Waals surface area contributed by atoms with Gasteiger partial charge in [0.15, 0.2) is 0 Å². The molecule has 1 aliphatic heterocycles. The lowest BCUT2D eigenvalue weighted by Crippen LogP contribution is -2.42. The number of aliphatic carboxylic acids is 1. The van der Waals surface area contributed by atoms with E-state index in [0.29, 0.717) is 19.5 Å². The predicted octanol–water partition coefficient (Wildman–Crippen LogP) is 2.92. The first-order valence-corrected chi connectivity index (χ1v) is 7.94. The number of nitrogens with zero attached hydrogens (tertiary/aromatic N) is 1. The third-order valence-electron chi connectivity index (χ3n) is 4.81. The fourth-order valence-corrected chi connectivity index (χ4v) is 3.21. The van der Waals surface area contributed by atoms with E-state index in [1.165, 1.54) is 0 Å². The summed E-state index contributed by atoms with van der Waals surface area (Å²) in [7, 11) is 0. The molecule has 1 unspecified atom stereocenters. The van der Waals surface area contributed by atoms with Gasteiger partial charge < -0.3 is 14.4 Å². The van der Waals surface area contributed by atoms with E-state index < -0.39 is 11.9 Å². The van der Waals surface area contributed by atoms with Crippen molar-refractivity contribution >= 4 is 22.8 Å². The summed E-state index contributed by atoms with van der Waals surface area (Å²) in [6.07, 6.45) is 3.29. The summed E-state index contributed by atoms with van der Waals surface area (Å²) in [5, 5.41) is 10.1. The molecule has 1 N–H and O–H groups in total. The molecule has 5 nitrogen and oxygen atoms in total. The van der Waals surface area contributed by atoms with E-state index in [1.807, 2.05) is 26.0 Å². The highest BCUT2D eigenvalue weighted by Crippen LogP contribution is 2.27. The summed E-state index contributed by atoms with van der Waals surface area (Å²) in [4.78, 5) is 25.3. The number of amides is 1. The maximum Gasteiger partial charge on any atom is 0.308 e. The summed E-state index contributed by atoms with van der Waals surface area (Å²) < 4.78 is 5.64. The van der Waals surface area contributed by atoms with E-state index >= 15 is 0 Å². The summed E-state index contributed by atoms with van der Waals surface area (Å²) in [5.74, 6) is -1.29. The topological polar surface area (TPSA) is 70.8 Å². The molecule has 1 atom stereocenters. The zero-order chi connectivity index (χ0) is 16.6. The maximum absolute atomic E-state index is 12.5. The molecule has 122 valence electrons. The fraction of sp³-hybridized carbons (Fsp3) is 0.444. The molecule has 0 saturated carbocycles. The van der Waals surface area contributed by atoms with Gasteiger partial charge in [-0.25, -0.2) is 0 Å². The van der Waals surface area contributed by atoms with Gasteiger partial charge in [-0.05, 0) is 37.8 Å². The van der Waals surface area contributed by atoms with Crippen LogP contribution in [0.1, 0.15) is 29.5 Å². The quantitative estimate of drug-likeness (QED) is 0.945. The van der Waals surface area contributed by atoms with Gasteiger partial charge in [-0.3, -0.25) is 9.59 Å². The Labute approximate surface area is 134 Å². The third kappa shape index (κ3) is 2.96. The van der Waals surface area contributed by atoms with Crippen LogP contribution in [0.15, 0.2) is 22.8 Å². The molecule has 2 aromatic rings. The molecule has 1 aromatic heterocycles. The molecule has 3 rings (SSSR count). The van der Waals surface area contributed by atoms with Gasteiger partial charge in [0, 0.05) is 24.0 Å². The summed E-state index contributed by atoms with van der Waals surface area (Å²) in [5.41, 5.74) is 3.94. The number of furan rings is 1. The summed E-state index contributed by atoms with van der Waals surface area (Å²) in [6.45, 7) is 4.98. The van der Waals surface area contributed by atoms with E-state index in [1.54, 1.807) is 11.2 Å². The minimum absolute atomic E-state index is 0.0307. The molecule has 2 heterocycles. The molecule has 1 aromatic carbocycles. The molecule has 0 bridgehead atoms. The van der Waals surface area contributed by atoms with Crippen LogP contribution in [0.3, 0.4) is 0 Å². The van der Waals surface area contributed by atoms with Gasteiger partial charge in [0.25, 0.3) is 0 Å². The zero-order valence-electron chi connectivity index (χ0n) is 13.5. The van der Waals surface area contributed by atoms with E-state index in [4.69, 9.17) is 9.52 Å². The van der Waals surface area contributed by atoms with Crippen molar-refractivity contribution in [1.29, 1.82) is 0 Å². The number of hydrogen-bond acceptors (Lipinski definition) is 3. The first kappa shape index (κ1) is 15.6. The Morgan fingerprint density at radius 1 is 1.35 bits per heavy atom. The minimum Gasteiger partial charge on any atom is -0.481 e.